The van der Waals surface area contributed by atoms with E-state index in [1.807, 2.05) is 53.3 Å². The molecule has 0 spiro atoms. The molecule has 0 aliphatic rings. The van der Waals surface area contributed by atoms with Gasteiger partial charge in [-0.15, -0.1) is 28.1 Å². The van der Waals surface area contributed by atoms with Gasteiger partial charge < -0.3 is 4.42 Å². The summed E-state index contributed by atoms with van der Waals surface area (Å²) in [5.74, 6) is -0.688. The molecule has 4 rings (SSSR count). The largest absolute Gasteiger partial charge is 0.422 e. The lowest BCUT2D eigenvalue weighted by Gasteiger charge is -2.10. The fourth-order valence-corrected chi connectivity index (χ4v) is 6.32. The van der Waals surface area contributed by atoms with E-state index in [0.717, 1.165) is 15.8 Å². The maximum absolute atomic E-state index is 13.1. The molecule has 3 N–H and O–H groups in total. The molecule has 0 bridgehead atoms. The molecule has 4 aromatic rings. The Morgan fingerprint density at radius 1 is 1.09 bits per heavy atom. The Bertz CT molecular complexity index is 1510. The van der Waals surface area contributed by atoms with Gasteiger partial charge in [0.1, 0.15) is 5.01 Å². The van der Waals surface area contributed by atoms with Crippen molar-refractivity contribution in [3.63, 3.8) is 0 Å². The van der Waals surface area contributed by atoms with Crippen LogP contribution in [-0.2, 0) is 26.6 Å². The van der Waals surface area contributed by atoms with E-state index in [4.69, 9.17) is 9.56 Å². The molecular formula is C20H19N5O5S3. The average molecular weight is 506 g/mol. The Morgan fingerprint density at radius 2 is 1.85 bits per heavy atom. The zero-order chi connectivity index (χ0) is 23.6. The fraction of sp³-hybridized carbons (Fsp3) is 0.150. The average Bonchev–Trinajstić information content (AvgIpc) is 3.38. The topological polar surface area (TPSA) is 158 Å². The van der Waals surface area contributed by atoms with Gasteiger partial charge in [0.2, 0.25) is 11.8 Å². The second kappa shape index (κ2) is 9.11. The summed E-state index contributed by atoms with van der Waals surface area (Å²) >= 11 is 1.20. The minimum absolute atomic E-state index is 0.134. The van der Waals surface area contributed by atoms with Crippen molar-refractivity contribution < 1.29 is 21.3 Å². The van der Waals surface area contributed by atoms with Crippen LogP contribution in [0.15, 0.2) is 65.6 Å². The normalized spacial score (nSPS) is 13.2. The van der Waals surface area contributed by atoms with Gasteiger partial charge in [0.25, 0.3) is 10.2 Å². The molecule has 0 amide bonds. The third-order valence-electron chi connectivity index (χ3n) is 4.58. The Hall–Kier alpha value is -2.97. The summed E-state index contributed by atoms with van der Waals surface area (Å²) in [5, 5.41) is 11.4. The maximum Gasteiger partial charge on any atom is 0.274 e. The van der Waals surface area contributed by atoms with Crippen LogP contribution in [-0.4, -0.2) is 37.8 Å². The smallest absolute Gasteiger partial charge is 0.274 e. The van der Waals surface area contributed by atoms with Crippen LogP contribution in [0.1, 0.15) is 22.0 Å². The van der Waals surface area contributed by atoms with Crippen molar-refractivity contribution in [2.75, 3.05) is 5.75 Å². The molecule has 13 heteroatoms. The molecule has 10 nitrogen and oxygen atoms in total. The first kappa shape index (κ1) is 23.2. The number of nitrogens with one attached hydrogen (secondary N) is 1. The summed E-state index contributed by atoms with van der Waals surface area (Å²) < 4.78 is 56.6. The zero-order valence-corrected chi connectivity index (χ0v) is 19.5. The van der Waals surface area contributed by atoms with E-state index < -0.39 is 25.3 Å². The molecule has 1 atom stereocenters. The first-order valence-corrected chi connectivity index (χ1v) is 13.6. The molecule has 0 aliphatic carbocycles. The van der Waals surface area contributed by atoms with Gasteiger partial charge in [-0.25, -0.2) is 18.5 Å². The van der Waals surface area contributed by atoms with E-state index in [2.05, 4.69) is 21.8 Å². The van der Waals surface area contributed by atoms with Gasteiger partial charge in [-0.05, 0) is 23.3 Å². The standard InChI is InChI=1S/C20H19N5O5S3/c1-2-10-32(26,27)18(19-25-24-17(30-19)12-22-33(21,28)29)20-23-15-9-8-14(11-16(15)31-20)13-6-4-3-5-7-13/h2-9,11,18,22H,1,10,12H2,(H2,21,28,29). The van der Waals surface area contributed by atoms with Gasteiger partial charge in [0, 0.05) is 0 Å². The number of sulfone groups is 1. The highest BCUT2D eigenvalue weighted by Crippen LogP contribution is 2.37. The van der Waals surface area contributed by atoms with Crippen molar-refractivity contribution in [2.24, 2.45) is 5.14 Å². The first-order valence-electron chi connectivity index (χ1n) is 9.54. The van der Waals surface area contributed by atoms with E-state index in [0.29, 0.717) is 5.52 Å². The fourth-order valence-electron chi connectivity index (χ4n) is 3.14. The lowest BCUT2D eigenvalue weighted by Crippen LogP contribution is -2.30. The van der Waals surface area contributed by atoms with Crippen molar-refractivity contribution in [1.29, 1.82) is 0 Å². The Balaban J connectivity index is 1.75. The molecule has 1 unspecified atom stereocenters. The van der Waals surface area contributed by atoms with E-state index in [1.54, 1.807) is 0 Å². The Morgan fingerprint density at radius 3 is 2.55 bits per heavy atom. The summed E-state index contributed by atoms with van der Waals surface area (Å²) in [6.45, 7) is 3.14. The minimum Gasteiger partial charge on any atom is -0.422 e. The highest BCUT2D eigenvalue weighted by molar-refractivity contribution is 7.92. The van der Waals surface area contributed by atoms with E-state index >= 15 is 0 Å². The predicted molar refractivity (Wildman–Crippen MR) is 125 cm³/mol. The molecule has 0 fully saturated rings. The maximum atomic E-state index is 13.1. The van der Waals surface area contributed by atoms with Gasteiger partial charge >= 0.3 is 0 Å². The second-order valence-electron chi connectivity index (χ2n) is 7.00. The number of benzene rings is 2. The molecular weight excluding hydrogens is 486 g/mol. The van der Waals surface area contributed by atoms with Crippen molar-refractivity contribution in [3.05, 3.63) is 78.0 Å². The highest BCUT2D eigenvalue weighted by Gasteiger charge is 2.36. The van der Waals surface area contributed by atoms with Crippen LogP contribution >= 0.6 is 11.3 Å². The van der Waals surface area contributed by atoms with Gasteiger partial charge in [0.15, 0.2) is 15.1 Å². The third-order valence-corrected chi connectivity index (χ3v) is 8.20. The number of nitrogens with two attached hydrogens (primary N) is 1. The van der Waals surface area contributed by atoms with Crippen molar-refractivity contribution in [2.45, 2.75) is 11.8 Å². The number of hydrogen-bond acceptors (Lipinski definition) is 9. The summed E-state index contributed by atoms with van der Waals surface area (Å²) in [6.07, 6.45) is 1.27. The van der Waals surface area contributed by atoms with Gasteiger partial charge in [-0.3, -0.25) is 0 Å². The van der Waals surface area contributed by atoms with Crippen molar-refractivity contribution >= 4 is 41.6 Å². The van der Waals surface area contributed by atoms with E-state index in [1.165, 1.54) is 17.4 Å². The summed E-state index contributed by atoms with van der Waals surface area (Å²) in [5.41, 5.74) is 2.62. The van der Waals surface area contributed by atoms with Gasteiger partial charge in [-0.1, -0.05) is 42.5 Å². The zero-order valence-electron chi connectivity index (χ0n) is 17.1. The van der Waals surface area contributed by atoms with E-state index in [-0.39, 0.29) is 29.1 Å². The number of aromatic nitrogens is 3. The summed E-state index contributed by atoms with van der Waals surface area (Å²) in [7, 11) is -7.83. The number of nitrogens with zero attached hydrogens (tertiary/aromatic N) is 3. The molecule has 2 heterocycles. The molecule has 172 valence electrons. The number of rotatable bonds is 9. The lowest BCUT2D eigenvalue weighted by molar-refractivity contribution is 0.444. The molecule has 33 heavy (non-hydrogen) atoms. The molecule has 0 radical (unpaired) electrons. The highest BCUT2D eigenvalue weighted by atomic mass is 32.2. The van der Waals surface area contributed by atoms with Gasteiger partial charge in [0.05, 0.1) is 22.5 Å². The minimum atomic E-state index is -3.99. The first-order chi connectivity index (χ1) is 15.7. The number of hydrogen-bond donors (Lipinski definition) is 2. The van der Waals surface area contributed by atoms with Crippen LogP contribution in [0.4, 0.5) is 0 Å². The SMILES string of the molecule is C=CCS(=O)(=O)C(c1nnc(CNS(N)(=O)=O)o1)c1nc2ccc(-c3ccccc3)cc2s1. The lowest BCUT2D eigenvalue weighted by atomic mass is 10.1. The van der Waals surface area contributed by atoms with Crippen molar-refractivity contribution in [1.82, 2.24) is 19.9 Å². The van der Waals surface area contributed by atoms with Crippen LogP contribution in [0.2, 0.25) is 0 Å². The Labute approximate surface area is 194 Å². The van der Waals surface area contributed by atoms with E-state index in [9.17, 15) is 16.8 Å². The summed E-state index contributed by atoms with van der Waals surface area (Å²) in [4.78, 5) is 4.51. The van der Waals surface area contributed by atoms with Crippen LogP contribution in [0.25, 0.3) is 21.3 Å². The van der Waals surface area contributed by atoms with Crippen LogP contribution in [0.3, 0.4) is 0 Å². The quantitative estimate of drug-likeness (QED) is 0.328. The van der Waals surface area contributed by atoms with Crippen LogP contribution in [0, 0.1) is 0 Å². The molecule has 0 saturated carbocycles. The van der Waals surface area contributed by atoms with Crippen molar-refractivity contribution in [3.8, 4) is 11.1 Å². The molecule has 2 aromatic heterocycles. The second-order valence-corrected chi connectivity index (χ2v) is 11.6. The molecule has 0 saturated heterocycles. The summed E-state index contributed by atoms with van der Waals surface area (Å²) in [6, 6.07) is 15.5. The molecule has 0 aliphatic heterocycles. The Kier molecular flexibility index (Phi) is 6.41. The number of thiazole rings is 1. The monoisotopic (exact) mass is 505 g/mol. The predicted octanol–water partition coefficient (Wildman–Crippen LogP) is 2.33. The third kappa shape index (κ3) is 5.34. The van der Waals surface area contributed by atoms with Crippen LogP contribution < -0.4 is 9.86 Å². The van der Waals surface area contributed by atoms with Crippen LogP contribution in [0.5, 0.6) is 0 Å². The van der Waals surface area contributed by atoms with Gasteiger partial charge in [-0.2, -0.15) is 13.1 Å². The number of fused-ring (bicyclic) bond motifs is 1. The molecule has 2 aromatic carbocycles.